The summed E-state index contributed by atoms with van der Waals surface area (Å²) in [5, 5.41) is 6.38. The molecule has 3 aliphatic rings. The van der Waals surface area contributed by atoms with E-state index < -0.39 is 0 Å². The second kappa shape index (κ2) is 2.28. The number of allylic oxidation sites excluding steroid dienone is 1. The molecule has 13 heavy (non-hydrogen) atoms. The molecule has 0 aliphatic heterocycles. The highest BCUT2D eigenvalue weighted by atomic mass is 16.1. The summed E-state index contributed by atoms with van der Waals surface area (Å²) < 4.78 is 0. The zero-order valence-corrected chi connectivity index (χ0v) is 8.24. The van der Waals surface area contributed by atoms with Gasteiger partial charge in [-0.3, -0.25) is 4.79 Å². The second-order valence-electron chi connectivity index (χ2n) is 4.68. The number of rotatable bonds is 3. The van der Waals surface area contributed by atoms with E-state index in [4.69, 9.17) is 0 Å². The molecule has 0 aromatic rings. The Balaban J connectivity index is 1.86. The van der Waals surface area contributed by atoms with Crippen molar-refractivity contribution in [2.24, 2.45) is 0 Å². The van der Waals surface area contributed by atoms with Crippen LogP contribution in [0, 0.1) is 0 Å². The maximum absolute atomic E-state index is 10.9. The van der Waals surface area contributed by atoms with Crippen molar-refractivity contribution in [3.8, 4) is 0 Å². The summed E-state index contributed by atoms with van der Waals surface area (Å²) in [5.74, 6) is 0.0867. The van der Waals surface area contributed by atoms with Crippen molar-refractivity contribution in [2.75, 3.05) is 0 Å². The van der Waals surface area contributed by atoms with E-state index in [0.717, 1.165) is 25.0 Å². The summed E-state index contributed by atoms with van der Waals surface area (Å²) in [6.07, 6.45) is 3.19. The lowest BCUT2D eigenvalue weighted by Crippen LogP contribution is -2.82. The number of carbonyl (C=O) groups is 1. The predicted molar refractivity (Wildman–Crippen MR) is 51.1 cm³/mol. The summed E-state index contributed by atoms with van der Waals surface area (Å²) in [6.45, 7) is 7.39. The van der Waals surface area contributed by atoms with E-state index in [-0.39, 0.29) is 17.0 Å². The molecule has 0 unspecified atom stereocenters. The van der Waals surface area contributed by atoms with Gasteiger partial charge in [0.05, 0.1) is 0 Å². The van der Waals surface area contributed by atoms with Crippen LogP contribution < -0.4 is 10.6 Å². The summed E-state index contributed by atoms with van der Waals surface area (Å²) >= 11 is 0. The van der Waals surface area contributed by atoms with Crippen LogP contribution in [-0.2, 0) is 4.79 Å². The molecule has 3 fully saturated rings. The van der Waals surface area contributed by atoms with E-state index in [0.29, 0.717) is 0 Å². The molecule has 3 aliphatic carbocycles. The first-order chi connectivity index (χ1) is 5.95. The normalized spacial score (nSPS) is 39.8. The van der Waals surface area contributed by atoms with Crippen LogP contribution in [0.25, 0.3) is 0 Å². The predicted octanol–water partition coefficient (Wildman–Crippen LogP) is 0.921. The Morgan fingerprint density at radius 1 is 1.15 bits per heavy atom. The smallest absolute Gasteiger partial charge is 0.217 e. The lowest BCUT2D eigenvalue weighted by atomic mass is 9.44. The van der Waals surface area contributed by atoms with E-state index in [1.54, 1.807) is 6.92 Å². The van der Waals surface area contributed by atoms with E-state index >= 15 is 0 Å². The Labute approximate surface area is 78.6 Å². The van der Waals surface area contributed by atoms with Gasteiger partial charge in [0.2, 0.25) is 5.91 Å². The van der Waals surface area contributed by atoms with E-state index in [1.807, 2.05) is 6.92 Å². The first kappa shape index (κ1) is 8.60. The Morgan fingerprint density at radius 3 is 2.00 bits per heavy atom. The Morgan fingerprint density at radius 2 is 1.62 bits per heavy atom. The summed E-state index contributed by atoms with van der Waals surface area (Å²) in [7, 11) is 0. The van der Waals surface area contributed by atoms with Crippen molar-refractivity contribution in [3.63, 3.8) is 0 Å². The van der Waals surface area contributed by atoms with Crippen LogP contribution in [0.1, 0.15) is 33.1 Å². The fourth-order valence-corrected chi connectivity index (χ4v) is 2.88. The summed E-state index contributed by atoms with van der Waals surface area (Å²) in [4.78, 5) is 10.9. The number of amides is 1. The van der Waals surface area contributed by atoms with Gasteiger partial charge in [-0.15, -0.1) is 0 Å². The molecule has 0 saturated heterocycles. The van der Waals surface area contributed by atoms with E-state index in [9.17, 15) is 4.79 Å². The van der Waals surface area contributed by atoms with Crippen LogP contribution in [0.3, 0.4) is 0 Å². The van der Waals surface area contributed by atoms with Crippen molar-refractivity contribution in [2.45, 2.75) is 44.2 Å². The highest BCUT2D eigenvalue weighted by Gasteiger charge is 2.68. The van der Waals surface area contributed by atoms with Crippen molar-refractivity contribution < 1.29 is 4.79 Å². The molecule has 0 radical (unpaired) electrons. The molecule has 0 aromatic heterocycles. The number of nitrogens with one attached hydrogen (secondary N) is 2. The molecule has 2 N–H and O–H groups in total. The maximum Gasteiger partial charge on any atom is 0.217 e. The van der Waals surface area contributed by atoms with Crippen LogP contribution in [-0.4, -0.2) is 17.0 Å². The highest BCUT2D eigenvalue weighted by Crippen LogP contribution is 2.60. The molecule has 3 nitrogen and oxygen atoms in total. The number of hydrogen-bond donors (Lipinski definition) is 2. The molecule has 1 amide bonds. The Hall–Kier alpha value is -0.990. The van der Waals surface area contributed by atoms with Gasteiger partial charge in [0, 0.05) is 23.7 Å². The zero-order chi connectivity index (χ0) is 9.69. The van der Waals surface area contributed by atoms with Gasteiger partial charge >= 0.3 is 0 Å². The van der Waals surface area contributed by atoms with Gasteiger partial charge in [-0.25, -0.2) is 0 Å². The molecule has 0 spiro atoms. The van der Waals surface area contributed by atoms with Crippen LogP contribution in [0.4, 0.5) is 0 Å². The molecule has 2 bridgehead atoms. The lowest BCUT2D eigenvalue weighted by Gasteiger charge is -2.70. The minimum absolute atomic E-state index is 0.0867. The monoisotopic (exact) mass is 180 g/mol. The van der Waals surface area contributed by atoms with Crippen LogP contribution in [0.5, 0.6) is 0 Å². The summed E-state index contributed by atoms with van der Waals surface area (Å²) in [5.41, 5.74) is 1.43. The van der Waals surface area contributed by atoms with Gasteiger partial charge in [0.1, 0.15) is 0 Å². The van der Waals surface area contributed by atoms with Gasteiger partial charge in [0.15, 0.2) is 0 Å². The highest BCUT2D eigenvalue weighted by molar-refractivity contribution is 5.74. The minimum Gasteiger partial charge on any atom is -0.383 e. The molecule has 3 heteroatoms. The first-order valence-electron chi connectivity index (χ1n) is 4.68. The van der Waals surface area contributed by atoms with Gasteiger partial charge in [-0.05, 0) is 26.2 Å². The van der Waals surface area contributed by atoms with Gasteiger partial charge in [0.25, 0.3) is 0 Å². The summed E-state index contributed by atoms with van der Waals surface area (Å²) in [6, 6.07) is 0. The SMILES string of the molecule is C=C(C)NC12CC(NC(C)=O)(C1)C2. The fourth-order valence-electron chi connectivity index (χ4n) is 2.88. The molecule has 0 aromatic carbocycles. The van der Waals surface area contributed by atoms with Crippen molar-refractivity contribution in [1.29, 1.82) is 0 Å². The van der Waals surface area contributed by atoms with Crippen molar-refractivity contribution in [3.05, 3.63) is 12.3 Å². The molecule has 0 heterocycles. The largest absolute Gasteiger partial charge is 0.383 e. The van der Waals surface area contributed by atoms with Crippen molar-refractivity contribution >= 4 is 5.91 Å². The topological polar surface area (TPSA) is 41.1 Å². The lowest BCUT2D eigenvalue weighted by molar-refractivity contribution is -0.138. The molecular formula is C10H16N2O. The maximum atomic E-state index is 10.9. The van der Waals surface area contributed by atoms with Gasteiger partial charge in [-0.2, -0.15) is 0 Å². The average Bonchev–Trinajstić information content (AvgIpc) is 1.77. The Kier molecular flexibility index (Phi) is 1.51. The molecule has 0 atom stereocenters. The van der Waals surface area contributed by atoms with Crippen LogP contribution in [0.15, 0.2) is 12.3 Å². The minimum atomic E-state index is 0.0867. The molecule has 72 valence electrons. The fraction of sp³-hybridized carbons (Fsp3) is 0.700. The van der Waals surface area contributed by atoms with Crippen LogP contribution in [0.2, 0.25) is 0 Å². The molecule has 3 saturated carbocycles. The molecule has 3 rings (SSSR count). The van der Waals surface area contributed by atoms with Gasteiger partial charge in [-0.1, -0.05) is 6.58 Å². The Bertz CT molecular complexity index is 237. The zero-order valence-electron chi connectivity index (χ0n) is 8.24. The quantitative estimate of drug-likeness (QED) is 0.678. The number of hydrogen-bond acceptors (Lipinski definition) is 2. The third kappa shape index (κ3) is 1.23. The molecular weight excluding hydrogens is 164 g/mol. The third-order valence-corrected chi connectivity index (χ3v) is 2.95. The number of carbonyl (C=O) groups excluding carboxylic acids is 1. The van der Waals surface area contributed by atoms with E-state index in [2.05, 4.69) is 17.2 Å². The first-order valence-corrected chi connectivity index (χ1v) is 4.68. The third-order valence-electron chi connectivity index (χ3n) is 2.95. The second-order valence-corrected chi connectivity index (χ2v) is 4.68. The van der Waals surface area contributed by atoms with E-state index in [1.165, 1.54) is 0 Å². The standard InChI is InChI=1S/C10H16N2O/c1-7(2)11-9-4-10(5-9,6-9)12-8(3)13/h11H,1,4-6H2,2-3H3,(H,12,13). The van der Waals surface area contributed by atoms with Gasteiger partial charge < -0.3 is 10.6 Å². The van der Waals surface area contributed by atoms with Crippen LogP contribution >= 0.6 is 0 Å². The average molecular weight is 180 g/mol. The van der Waals surface area contributed by atoms with Crippen molar-refractivity contribution in [1.82, 2.24) is 10.6 Å².